The third-order valence-electron chi connectivity index (χ3n) is 4.07. The number of hydrogen-bond acceptors (Lipinski definition) is 5. The van der Waals surface area contributed by atoms with E-state index in [1.54, 1.807) is 6.92 Å². The smallest absolute Gasteiger partial charge is 0.341 e. The molecule has 1 atom stereocenters. The summed E-state index contributed by atoms with van der Waals surface area (Å²) in [6.07, 6.45) is 8.93. The monoisotopic (exact) mass is 294 g/mol. The summed E-state index contributed by atoms with van der Waals surface area (Å²) in [5, 5.41) is 0. The Morgan fingerprint density at radius 2 is 2.05 bits per heavy atom. The number of aliphatic imine (C=N–C) groups is 1. The molecule has 0 bridgehead atoms. The van der Waals surface area contributed by atoms with Gasteiger partial charge in [0.25, 0.3) is 0 Å². The Balaban J connectivity index is 2.21. The summed E-state index contributed by atoms with van der Waals surface area (Å²) in [6.45, 7) is 2.84. The first-order valence-electron chi connectivity index (χ1n) is 8.05. The molecule has 1 unspecified atom stereocenters. The number of ether oxygens (including phenoxy) is 2. The maximum Gasteiger partial charge on any atom is 0.341 e. The zero-order chi connectivity index (χ0) is 15.1. The van der Waals surface area contributed by atoms with Gasteiger partial charge in [-0.2, -0.15) is 0 Å². The fourth-order valence-electron chi connectivity index (χ4n) is 2.99. The number of nitrogens with two attached hydrogens (primary N) is 1. The fraction of sp³-hybridized carbons (Fsp3) is 0.750. The summed E-state index contributed by atoms with van der Waals surface area (Å²) in [6, 6.07) is 0.280. The van der Waals surface area contributed by atoms with Crippen molar-refractivity contribution in [3.05, 3.63) is 11.8 Å². The molecule has 0 aromatic heterocycles. The van der Waals surface area contributed by atoms with Crippen LogP contribution in [0.4, 0.5) is 0 Å². The van der Waals surface area contributed by atoms with Gasteiger partial charge in [0, 0.05) is 12.8 Å². The van der Waals surface area contributed by atoms with Crippen LogP contribution in [0.5, 0.6) is 0 Å². The lowest BCUT2D eigenvalue weighted by Gasteiger charge is -2.22. The van der Waals surface area contributed by atoms with E-state index in [9.17, 15) is 4.79 Å². The summed E-state index contributed by atoms with van der Waals surface area (Å²) >= 11 is 0. The molecule has 0 spiro atoms. The van der Waals surface area contributed by atoms with Crippen LogP contribution in [-0.4, -0.2) is 37.0 Å². The van der Waals surface area contributed by atoms with E-state index in [0.717, 1.165) is 32.3 Å². The quantitative estimate of drug-likeness (QED) is 0.480. The highest BCUT2D eigenvalue weighted by atomic mass is 16.5. The number of hydrogen-bond donors (Lipinski definition) is 1. The minimum absolute atomic E-state index is 0.119. The molecule has 0 amide bonds. The third kappa shape index (κ3) is 4.30. The van der Waals surface area contributed by atoms with Crippen LogP contribution in [0.2, 0.25) is 0 Å². The third-order valence-corrected chi connectivity index (χ3v) is 4.07. The van der Waals surface area contributed by atoms with Crippen molar-refractivity contribution < 1.29 is 14.3 Å². The molecule has 5 heteroatoms. The molecule has 118 valence electrons. The summed E-state index contributed by atoms with van der Waals surface area (Å²) in [5.41, 5.74) is 6.74. The second-order valence-corrected chi connectivity index (χ2v) is 5.61. The highest BCUT2D eigenvalue weighted by Gasteiger charge is 2.29. The zero-order valence-corrected chi connectivity index (χ0v) is 12.8. The Morgan fingerprint density at radius 1 is 1.29 bits per heavy atom. The van der Waals surface area contributed by atoms with Gasteiger partial charge in [-0.05, 0) is 32.6 Å². The fourth-order valence-corrected chi connectivity index (χ4v) is 2.99. The summed E-state index contributed by atoms with van der Waals surface area (Å²) in [5.74, 6) is -0.398. The predicted molar refractivity (Wildman–Crippen MR) is 82.2 cm³/mol. The van der Waals surface area contributed by atoms with Gasteiger partial charge in [-0.1, -0.05) is 19.3 Å². The first kappa shape index (κ1) is 16.0. The molecule has 2 rings (SSSR count). The molecule has 0 aromatic rings. The first-order valence-corrected chi connectivity index (χ1v) is 8.05. The maximum absolute atomic E-state index is 12.1. The molecule has 5 nitrogen and oxygen atoms in total. The van der Waals surface area contributed by atoms with Crippen molar-refractivity contribution in [3.63, 3.8) is 0 Å². The van der Waals surface area contributed by atoms with E-state index < -0.39 is 5.97 Å². The Labute approximate surface area is 126 Å². The van der Waals surface area contributed by atoms with E-state index in [4.69, 9.17) is 20.2 Å². The van der Waals surface area contributed by atoms with Crippen LogP contribution in [0.15, 0.2) is 16.8 Å². The zero-order valence-electron chi connectivity index (χ0n) is 12.8. The van der Waals surface area contributed by atoms with Crippen LogP contribution in [0.1, 0.15) is 51.9 Å². The number of carbonyl (C=O) groups is 1. The average molecular weight is 294 g/mol. The largest absolute Gasteiger partial charge is 0.462 e. The second-order valence-electron chi connectivity index (χ2n) is 5.61. The molecule has 0 radical (unpaired) electrons. The van der Waals surface area contributed by atoms with Gasteiger partial charge in [-0.3, -0.25) is 4.99 Å². The molecule has 2 fully saturated rings. The van der Waals surface area contributed by atoms with Gasteiger partial charge in [0.1, 0.15) is 6.10 Å². The second kappa shape index (κ2) is 8.17. The van der Waals surface area contributed by atoms with Crippen LogP contribution >= 0.6 is 0 Å². The standard InChI is InChI=1S/C16H26N2O3/c1-2-20-16(19)13(11-17)15(14-9-6-10-21-14)18-12-7-4-3-5-8-12/h11-12,14H,2-10,17H2,1H3. The first-order chi connectivity index (χ1) is 10.3. The van der Waals surface area contributed by atoms with Gasteiger partial charge in [0.2, 0.25) is 0 Å². The molecule has 1 aliphatic carbocycles. The molecular weight excluding hydrogens is 268 g/mol. The van der Waals surface area contributed by atoms with Crippen molar-refractivity contribution in [2.45, 2.75) is 64.0 Å². The summed E-state index contributed by atoms with van der Waals surface area (Å²) in [7, 11) is 0. The molecular formula is C16H26N2O3. The predicted octanol–water partition coefficient (Wildman–Crippen LogP) is 2.34. The number of nitrogens with zero attached hydrogens (tertiary/aromatic N) is 1. The number of carbonyl (C=O) groups excluding carboxylic acids is 1. The Morgan fingerprint density at radius 3 is 2.62 bits per heavy atom. The van der Waals surface area contributed by atoms with E-state index in [2.05, 4.69) is 0 Å². The van der Waals surface area contributed by atoms with Crippen LogP contribution in [-0.2, 0) is 14.3 Å². The Bertz CT molecular complexity index is 406. The van der Waals surface area contributed by atoms with Crippen molar-refractivity contribution in [2.75, 3.05) is 13.2 Å². The van der Waals surface area contributed by atoms with Gasteiger partial charge in [-0.15, -0.1) is 0 Å². The summed E-state index contributed by atoms with van der Waals surface area (Å²) < 4.78 is 10.8. The number of rotatable bonds is 5. The van der Waals surface area contributed by atoms with Gasteiger partial charge >= 0.3 is 5.97 Å². The molecule has 0 aromatic carbocycles. The van der Waals surface area contributed by atoms with Gasteiger partial charge in [-0.25, -0.2) is 4.79 Å². The van der Waals surface area contributed by atoms with Gasteiger partial charge in [0.05, 0.1) is 23.9 Å². The molecule has 2 aliphatic rings. The molecule has 2 N–H and O–H groups in total. The molecule has 1 saturated carbocycles. The molecule has 1 aliphatic heterocycles. The molecule has 21 heavy (non-hydrogen) atoms. The van der Waals surface area contributed by atoms with Crippen molar-refractivity contribution in [3.8, 4) is 0 Å². The van der Waals surface area contributed by atoms with E-state index >= 15 is 0 Å². The lowest BCUT2D eigenvalue weighted by atomic mass is 9.95. The number of esters is 1. The highest BCUT2D eigenvalue weighted by molar-refractivity contribution is 6.21. The van der Waals surface area contributed by atoms with E-state index in [-0.39, 0.29) is 12.1 Å². The van der Waals surface area contributed by atoms with Crippen LogP contribution in [0.25, 0.3) is 0 Å². The molecule has 1 saturated heterocycles. The van der Waals surface area contributed by atoms with Crippen LogP contribution in [0, 0.1) is 0 Å². The lowest BCUT2D eigenvalue weighted by molar-refractivity contribution is -0.137. The van der Waals surface area contributed by atoms with Crippen molar-refractivity contribution >= 4 is 11.7 Å². The maximum atomic E-state index is 12.1. The van der Waals surface area contributed by atoms with Crippen LogP contribution in [0.3, 0.4) is 0 Å². The van der Waals surface area contributed by atoms with E-state index in [1.165, 1.54) is 25.5 Å². The van der Waals surface area contributed by atoms with Crippen molar-refractivity contribution in [1.29, 1.82) is 0 Å². The Kier molecular flexibility index (Phi) is 6.23. The van der Waals surface area contributed by atoms with Crippen LogP contribution < -0.4 is 5.73 Å². The highest BCUT2D eigenvalue weighted by Crippen LogP contribution is 2.24. The minimum Gasteiger partial charge on any atom is -0.462 e. The van der Waals surface area contributed by atoms with Gasteiger partial charge in [0.15, 0.2) is 0 Å². The van der Waals surface area contributed by atoms with Gasteiger partial charge < -0.3 is 15.2 Å². The average Bonchev–Trinajstić information content (AvgIpc) is 3.02. The van der Waals surface area contributed by atoms with Crippen molar-refractivity contribution in [2.24, 2.45) is 10.7 Å². The van der Waals surface area contributed by atoms with Crippen molar-refractivity contribution in [1.82, 2.24) is 0 Å². The molecule has 1 heterocycles. The SMILES string of the molecule is CCOC(=O)C(=CN)C(=NC1CCCCC1)C1CCCO1. The van der Waals surface area contributed by atoms with E-state index in [1.807, 2.05) is 0 Å². The minimum atomic E-state index is -0.398. The lowest BCUT2D eigenvalue weighted by Crippen LogP contribution is -2.30. The topological polar surface area (TPSA) is 73.9 Å². The summed E-state index contributed by atoms with van der Waals surface area (Å²) in [4.78, 5) is 16.9. The normalized spacial score (nSPS) is 25.1. The van der Waals surface area contributed by atoms with E-state index in [0.29, 0.717) is 17.9 Å². The Hall–Kier alpha value is -1.36.